The van der Waals surface area contributed by atoms with Crippen molar-refractivity contribution in [1.82, 2.24) is 5.32 Å². The van der Waals surface area contributed by atoms with E-state index in [0.29, 0.717) is 6.04 Å². The molecule has 2 rings (SSSR count). The first kappa shape index (κ1) is 13.8. The molecule has 1 N–H and O–H groups in total. The molecule has 0 heterocycles. The number of nitrogens with one attached hydrogen (secondary N) is 1. The monoisotopic (exact) mass is 265 g/mol. The van der Waals surface area contributed by atoms with E-state index in [1.807, 2.05) is 11.8 Å². The number of ether oxygens (including phenoxy) is 1. The summed E-state index contributed by atoms with van der Waals surface area (Å²) < 4.78 is 5.79. The van der Waals surface area contributed by atoms with Crippen molar-refractivity contribution in [3.8, 4) is 5.75 Å². The van der Waals surface area contributed by atoms with E-state index in [2.05, 4.69) is 37.4 Å². The van der Waals surface area contributed by atoms with Crippen molar-refractivity contribution in [2.75, 3.05) is 24.7 Å². The van der Waals surface area contributed by atoms with E-state index in [0.717, 1.165) is 30.4 Å². The minimum absolute atomic E-state index is 0.551. The summed E-state index contributed by atoms with van der Waals surface area (Å²) >= 11 is 1.92. The zero-order valence-electron chi connectivity index (χ0n) is 11.4. The maximum atomic E-state index is 5.79. The van der Waals surface area contributed by atoms with Crippen LogP contribution in [-0.2, 0) is 6.42 Å². The van der Waals surface area contributed by atoms with Gasteiger partial charge in [0, 0.05) is 11.8 Å². The summed E-state index contributed by atoms with van der Waals surface area (Å²) in [6.45, 7) is 6.20. The Balaban J connectivity index is 1.92. The highest BCUT2D eigenvalue weighted by Gasteiger charge is 2.21. The molecule has 0 amide bonds. The second-order valence-electron chi connectivity index (χ2n) is 4.55. The Morgan fingerprint density at radius 2 is 2.28 bits per heavy atom. The quantitative estimate of drug-likeness (QED) is 0.763. The van der Waals surface area contributed by atoms with E-state index in [9.17, 15) is 0 Å². The predicted molar refractivity (Wildman–Crippen MR) is 79.7 cm³/mol. The molecule has 1 atom stereocenters. The van der Waals surface area contributed by atoms with Gasteiger partial charge in [0.15, 0.2) is 0 Å². The average Bonchev–Trinajstić information content (AvgIpc) is 2.78. The van der Waals surface area contributed by atoms with Gasteiger partial charge in [-0.05, 0) is 48.4 Å². The minimum atomic E-state index is 0.551. The number of hydrogen-bond acceptors (Lipinski definition) is 3. The number of hydrogen-bond donors (Lipinski definition) is 1. The SMILES string of the molecule is CCNC1CCc2cc(OCCSCC)ccc21. The van der Waals surface area contributed by atoms with E-state index in [-0.39, 0.29) is 0 Å². The van der Waals surface area contributed by atoms with E-state index in [1.54, 1.807) is 0 Å². The summed E-state index contributed by atoms with van der Waals surface area (Å²) in [6, 6.07) is 7.13. The maximum Gasteiger partial charge on any atom is 0.119 e. The lowest BCUT2D eigenvalue weighted by Crippen LogP contribution is -2.18. The maximum absolute atomic E-state index is 5.79. The molecule has 0 bridgehead atoms. The van der Waals surface area contributed by atoms with Crippen molar-refractivity contribution >= 4 is 11.8 Å². The average molecular weight is 265 g/mol. The number of aryl methyl sites for hydroxylation is 1. The molecule has 1 aromatic rings. The van der Waals surface area contributed by atoms with Gasteiger partial charge < -0.3 is 10.1 Å². The number of rotatable bonds is 7. The Hall–Kier alpha value is -0.670. The standard InChI is InChI=1S/C15H23NOS/c1-3-16-15-8-5-12-11-13(6-7-14(12)15)17-9-10-18-4-2/h6-7,11,15-16H,3-5,8-10H2,1-2H3. The van der Waals surface area contributed by atoms with Crippen LogP contribution in [0.4, 0.5) is 0 Å². The zero-order valence-corrected chi connectivity index (χ0v) is 12.2. The lowest BCUT2D eigenvalue weighted by atomic mass is 10.1. The van der Waals surface area contributed by atoms with E-state index in [1.165, 1.54) is 24.0 Å². The Bertz CT molecular complexity index is 381. The van der Waals surface area contributed by atoms with Crippen molar-refractivity contribution in [3.63, 3.8) is 0 Å². The van der Waals surface area contributed by atoms with E-state index in [4.69, 9.17) is 4.74 Å². The van der Waals surface area contributed by atoms with Gasteiger partial charge in [-0.25, -0.2) is 0 Å². The minimum Gasteiger partial charge on any atom is -0.493 e. The van der Waals surface area contributed by atoms with Crippen molar-refractivity contribution in [1.29, 1.82) is 0 Å². The first-order chi connectivity index (χ1) is 8.85. The van der Waals surface area contributed by atoms with Crippen LogP contribution < -0.4 is 10.1 Å². The van der Waals surface area contributed by atoms with Gasteiger partial charge >= 0.3 is 0 Å². The van der Waals surface area contributed by atoms with Gasteiger partial charge in [-0.2, -0.15) is 11.8 Å². The van der Waals surface area contributed by atoms with Gasteiger partial charge in [0.2, 0.25) is 0 Å². The van der Waals surface area contributed by atoms with E-state index < -0.39 is 0 Å². The third-order valence-corrected chi connectivity index (χ3v) is 4.21. The molecule has 0 aromatic heterocycles. The van der Waals surface area contributed by atoms with Gasteiger partial charge in [0.25, 0.3) is 0 Å². The van der Waals surface area contributed by atoms with Crippen molar-refractivity contribution in [2.24, 2.45) is 0 Å². The van der Waals surface area contributed by atoms with Crippen molar-refractivity contribution in [2.45, 2.75) is 32.7 Å². The highest BCUT2D eigenvalue weighted by Crippen LogP contribution is 2.33. The summed E-state index contributed by atoms with van der Waals surface area (Å²) in [4.78, 5) is 0. The third kappa shape index (κ3) is 3.42. The number of fused-ring (bicyclic) bond motifs is 1. The third-order valence-electron chi connectivity index (χ3n) is 3.34. The van der Waals surface area contributed by atoms with Gasteiger partial charge in [0.1, 0.15) is 5.75 Å². The second kappa shape index (κ2) is 7.05. The smallest absolute Gasteiger partial charge is 0.119 e. The Morgan fingerprint density at radius 3 is 3.06 bits per heavy atom. The lowest BCUT2D eigenvalue weighted by molar-refractivity contribution is 0.343. The molecular weight excluding hydrogens is 242 g/mol. The van der Waals surface area contributed by atoms with Crippen LogP contribution in [0.5, 0.6) is 5.75 Å². The molecule has 1 aliphatic carbocycles. The molecule has 18 heavy (non-hydrogen) atoms. The summed E-state index contributed by atoms with van der Waals surface area (Å²) in [5.41, 5.74) is 2.92. The summed E-state index contributed by atoms with van der Waals surface area (Å²) in [5, 5.41) is 3.54. The zero-order chi connectivity index (χ0) is 12.8. The highest BCUT2D eigenvalue weighted by molar-refractivity contribution is 7.99. The largest absolute Gasteiger partial charge is 0.493 e. The second-order valence-corrected chi connectivity index (χ2v) is 5.95. The first-order valence-electron chi connectivity index (χ1n) is 6.92. The Morgan fingerprint density at radius 1 is 1.39 bits per heavy atom. The molecule has 0 saturated heterocycles. The summed E-state index contributed by atoms with van der Waals surface area (Å²) in [7, 11) is 0. The van der Waals surface area contributed by atoms with Crippen LogP contribution in [-0.4, -0.2) is 24.7 Å². The van der Waals surface area contributed by atoms with Gasteiger partial charge in [-0.3, -0.25) is 0 Å². The molecule has 0 spiro atoms. The van der Waals surface area contributed by atoms with Crippen LogP contribution in [0.25, 0.3) is 0 Å². The molecular formula is C15H23NOS. The molecule has 3 heteroatoms. The fourth-order valence-corrected chi connectivity index (χ4v) is 2.99. The first-order valence-corrected chi connectivity index (χ1v) is 8.07. The van der Waals surface area contributed by atoms with Crippen LogP contribution >= 0.6 is 11.8 Å². The highest BCUT2D eigenvalue weighted by atomic mass is 32.2. The number of benzene rings is 1. The topological polar surface area (TPSA) is 21.3 Å². The lowest BCUT2D eigenvalue weighted by Gasteiger charge is -2.13. The van der Waals surface area contributed by atoms with Gasteiger partial charge in [0.05, 0.1) is 6.61 Å². The van der Waals surface area contributed by atoms with Crippen LogP contribution in [0.2, 0.25) is 0 Å². The van der Waals surface area contributed by atoms with Crippen LogP contribution in [0.3, 0.4) is 0 Å². The molecule has 1 aromatic carbocycles. The summed E-state index contributed by atoms with van der Waals surface area (Å²) in [6.07, 6.45) is 2.40. The van der Waals surface area contributed by atoms with Crippen LogP contribution in [0.1, 0.15) is 37.4 Å². The van der Waals surface area contributed by atoms with Crippen LogP contribution in [0, 0.1) is 0 Å². The number of thioether (sulfide) groups is 1. The predicted octanol–water partition coefficient (Wildman–Crippen LogP) is 3.42. The molecule has 0 aliphatic heterocycles. The van der Waals surface area contributed by atoms with Crippen molar-refractivity contribution < 1.29 is 4.74 Å². The fraction of sp³-hybridized carbons (Fsp3) is 0.600. The van der Waals surface area contributed by atoms with Gasteiger partial charge in [-0.1, -0.05) is 19.9 Å². The molecule has 0 saturated carbocycles. The molecule has 2 nitrogen and oxygen atoms in total. The van der Waals surface area contributed by atoms with E-state index >= 15 is 0 Å². The van der Waals surface area contributed by atoms with Crippen LogP contribution in [0.15, 0.2) is 18.2 Å². The fourth-order valence-electron chi connectivity index (χ4n) is 2.50. The molecule has 1 unspecified atom stereocenters. The summed E-state index contributed by atoms with van der Waals surface area (Å²) in [5.74, 6) is 3.27. The molecule has 1 aliphatic rings. The molecule has 0 radical (unpaired) electrons. The van der Waals surface area contributed by atoms with Gasteiger partial charge in [-0.15, -0.1) is 0 Å². The Labute approximate surface area is 114 Å². The Kier molecular flexibility index (Phi) is 5.39. The normalized spacial score (nSPS) is 17.8. The molecule has 100 valence electrons. The van der Waals surface area contributed by atoms with Crippen molar-refractivity contribution in [3.05, 3.63) is 29.3 Å². The molecule has 0 fully saturated rings.